The highest BCUT2D eigenvalue weighted by molar-refractivity contribution is 5.76. The van der Waals surface area contributed by atoms with Crippen molar-refractivity contribution in [3.05, 3.63) is 23.8 Å². The quantitative estimate of drug-likeness (QED) is 0.669. The van der Waals surface area contributed by atoms with Gasteiger partial charge in [-0.05, 0) is 30.8 Å². The van der Waals surface area contributed by atoms with Crippen molar-refractivity contribution >= 4 is 5.91 Å². The number of carbonyl (C=O) groups excluding carboxylic acids is 1. The van der Waals surface area contributed by atoms with Gasteiger partial charge in [-0.2, -0.15) is 0 Å². The normalized spacial score (nSPS) is 18.6. The Morgan fingerprint density at radius 1 is 1.33 bits per heavy atom. The Hall–Kier alpha value is -1.05. The second kappa shape index (κ2) is 8.12. The number of amides is 1. The Morgan fingerprint density at radius 3 is 2.61 bits per heavy atom. The molecule has 1 atom stereocenters. The van der Waals surface area contributed by atoms with Crippen LogP contribution < -0.4 is 0 Å². The van der Waals surface area contributed by atoms with E-state index in [-0.39, 0.29) is 5.91 Å². The monoisotopic (exact) mass is 249 g/mol. The molecule has 2 nitrogen and oxygen atoms in total. The Bertz CT molecular complexity index is 317. The molecule has 0 aliphatic heterocycles. The predicted octanol–water partition coefficient (Wildman–Crippen LogP) is 3.94. The molecule has 1 amide bonds. The van der Waals surface area contributed by atoms with Gasteiger partial charge in [0.2, 0.25) is 5.91 Å². The van der Waals surface area contributed by atoms with Gasteiger partial charge in [0.25, 0.3) is 0 Å². The summed E-state index contributed by atoms with van der Waals surface area (Å²) in [4.78, 5) is 13.8. The summed E-state index contributed by atoms with van der Waals surface area (Å²) in [5, 5.41) is 0. The molecule has 2 heteroatoms. The number of hydrogen-bond donors (Lipinski definition) is 0. The lowest BCUT2D eigenvalue weighted by atomic mass is 9.93. The first-order valence-corrected chi connectivity index (χ1v) is 7.36. The lowest BCUT2D eigenvalue weighted by Crippen LogP contribution is -2.33. The average molecular weight is 249 g/mol. The molecular formula is C16H27NO. The smallest absolute Gasteiger partial charge is 0.222 e. The maximum Gasteiger partial charge on any atom is 0.222 e. The summed E-state index contributed by atoms with van der Waals surface area (Å²) in [6.45, 7) is 7.95. The van der Waals surface area contributed by atoms with Gasteiger partial charge in [0, 0.05) is 19.5 Å². The first-order valence-electron chi connectivity index (χ1n) is 7.36. The Labute approximate surface area is 112 Å². The minimum atomic E-state index is 0.266. The second-order valence-corrected chi connectivity index (χ2v) is 5.09. The number of nitrogens with zero attached hydrogens (tertiary/aromatic N) is 1. The first-order chi connectivity index (χ1) is 8.71. The zero-order chi connectivity index (χ0) is 13.4. The van der Waals surface area contributed by atoms with E-state index < -0.39 is 0 Å². The van der Waals surface area contributed by atoms with E-state index in [9.17, 15) is 4.79 Å². The van der Waals surface area contributed by atoms with Crippen LogP contribution in [0.4, 0.5) is 0 Å². The SMILES string of the molecule is CCCC1C=CC(CN(CCC)C(=O)CC)=CC1. The predicted molar refractivity (Wildman–Crippen MR) is 77.4 cm³/mol. The van der Waals surface area contributed by atoms with Crippen LogP contribution in [0.1, 0.15) is 52.9 Å². The summed E-state index contributed by atoms with van der Waals surface area (Å²) >= 11 is 0. The highest BCUT2D eigenvalue weighted by Gasteiger charge is 2.14. The molecule has 1 unspecified atom stereocenters. The maximum atomic E-state index is 11.8. The van der Waals surface area contributed by atoms with Gasteiger partial charge in [-0.25, -0.2) is 0 Å². The Balaban J connectivity index is 2.51. The number of hydrogen-bond acceptors (Lipinski definition) is 1. The van der Waals surface area contributed by atoms with Gasteiger partial charge in [0.05, 0.1) is 0 Å². The summed E-state index contributed by atoms with van der Waals surface area (Å²) in [6.07, 6.45) is 12.1. The molecule has 0 heterocycles. The fourth-order valence-corrected chi connectivity index (χ4v) is 2.42. The van der Waals surface area contributed by atoms with E-state index in [1.807, 2.05) is 11.8 Å². The van der Waals surface area contributed by atoms with Crippen LogP contribution in [0.2, 0.25) is 0 Å². The highest BCUT2D eigenvalue weighted by Crippen LogP contribution is 2.21. The van der Waals surface area contributed by atoms with Crippen molar-refractivity contribution in [1.82, 2.24) is 4.90 Å². The van der Waals surface area contributed by atoms with E-state index in [2.05, 4.69) is 32.1 Å². The van der Waals surface area contributed by atoms with Gasteiger partial charge in [0.1, 0.15) is 0 Å². The van der Waals surface area contributed by atoms with Crippen LogP contribution in [0.25, 0.3) is 0 Å². The van der Waals surface area contributed by atoms with Gasteiger partial charge in [-0.1, -0.05) is 45.4 Å². The molecule has 0 radical (unpaired) electrons. The summed E-state index contributed by atoms with van der Waals surface area (Å²) < 4.78 is 0. The first kappa shape index (κ1) is 15.0. The molecule has 0 fully saturated rings. The van der Waals surface area contributed by atoms with E-state index >= 15 is 0 Å². The van der Waals surface area contributed by atoms with Gasteiger partial charge < -0.3 is 4.90 Å². The van der Waals surface area contributed by atoms with Crippen molar-refractivity contribution in [2.75, 3.05) is 13.1 Å². The van der Waals surface area contributed by atoms with Gasteiger partial charge >= 0.3 is 0 Å². The molecule has 0 spiro atoms. The molecule has 0 bridgehead atoms. The highest BCUT2D eigenvalue weighted by atomic mass is 16.2. The van der Waals surface area contributed by atoms with E-state index in [4.69, 9.17) is 0 Å². The summed E-state index contributed by atoms with van der Waals surface area (Å²) in [7, 11) is 0. The third kappa shape index (κ3) is 4.67. The van der Waals surface area contributed by atoms with Crippen LogP contribution in [0.3, 0.4) is 0 Å². The van der Waals surface area contributed by atoms with Crippen molar-refractivity contribution in [1.29, 1.82) is 0 Å². The van der Waals surface area contributed by atoms with E-state index in [1.54, 1.807) is 0 Å². The fraction of sp³-hybridized carbons (Fsp3) is 0.688. The van der Waals surface area contributed by atoms with Crippen LogP contribution in [0, 0.1) is 5.92 Å². The summed E-state index contributed by atoms with van der Waals surface area (Å²) in [6, 6.07) is 0. The average Bonchev–Trinajstić information content (AvgIpc) is 2.40. The minimum Gasteiger partial charge on any atom is -0.338 e. The molecule has 0 aromatic carbocycles. The molecule has 0 saturated heterocycles. The van der Waals surface area contributed by atoms with Crippen molar-refractivity contribution in [2.45, 2.75) is 52.9 Å². The standard InChI is InChI=1S/C16H27NO/c1-4-7-14-8-10-15(11-9-14)13-17(12-5-2)16(18)6-3/h8,10-11,14H,4-7,9,12-13H2,1-3H3. The van der Waals surface area contributed by atoms with Crippen LogP contribution in [-0.4, -0.2) is 23.9 Å². The molecule has 0 aromatic heterocycles. The van der Waals surface area contributed by atoms with E-state index in [0.717, 1.165) is 25.9 Å². The largest absolute Gasteiger partial charge is 0.338 e. The van der Waals surface area contributed by atoms with Gasteiger partial charge in [-0.3, -0.25) is 4.79 Å². The zero-order valence-electron chi connectivity index (χ0n) is 12.1. The minimum absolute atomic E-state index is 0.266. The Morgan fingerprint density at radius 2 is 2.11 bits per heavy atom. The zero-order valence-corrected chi connectivity index (χ0v) is 12.1. The number of allylic oxidation sites excluding steroid dienone is 2. The molecule has 1 aliphatic carbocycles. The van der Waals surface area contributed by atoms with Crippen LogP contribution in [-0.2, 0) is 4.79 Å². The van der Waals surface area contributed by atoms with Crippen LogP contribution >= 0.6 is 0 Å². The van der Waals surface area contributed by atoms with Gasteiger partial charge in [-0.15, -0.1) is 0 Å². The number of carbonyl (C=O) groups is 1. The molecule has 1 rings (SSSR count). The summed E-state index contributed by atoms with van der Waals surface area (Å²) in [5.41, 5.74) is 1.30. The van der Waals surface area contributed by atoms with E-state index in [1.165, 1.54) is 18.4 Å². The van der Waals surface area contributed by atoms with Crippen molar-refractivity contribution < 1.29 is 4.79 Å². The molecular weight excluding hydrogens is 222 g/mol. The molecule has 0 N–H and O–H groups in total. The molecule has 102 valence electrons. The molecule has 0 aromatic rings. The lowest BCUT2D eigenvalue weighted by Gasteiger charge is -2.24. The molecule has 0 saturated carbocycles. The second-order valence-electron chi connectivity index (χ2n) is 5.09. The maximum absolute atomic E-state index is 11.8. The fourth-order valence-electron chi connectivity index (χ4n) is 2.42. The van der Waals surface area contributed by atoms with Gasteiger partial charge in [0.15, 0.2) is 0 Å². The topological polar surface area (TPSA) is 20.3 Å². The van der Waals surface area contributed by atoms with Crippen molar-refractivity contribution in [3.8, 4) is 0 Å². The van der Waals surface area contributed by atoms with E-state index in [0.29, 0.717) is 12.3 Å². The lowest BCUT2D eigenvalue weighted by molar-refractivity contribution is -0.130. The van der Waals surface area contributed by atoms with Crippen LogP contribution in [0.15, 0.2) is 23.8 Å². The molecule has 1 aliphatic rings. The third-order valence-electron chi connectivity index (χ3n) is 3.45. The molecule has 18 heavy (non-hydrogen) atoms. The number of rotatable bonds is 7. The van der Waals surface area contributed by atoms with Crippen molar-refractivity contribution in [3.63, 3.8) is 0 Å². The summed E-state index contributed by atoms with van der Waals surface area (Å²) in [5.74, 6) is 0.974. The Kier molecular flexibility index (Phi) is 6.77. The third-order valence-corrected chi connectivity index (χ3v) is 3.45. The van der Waals surface area contributed by atoms with Crippen LogP contribution in [0.5, 0.6) is 0 Å². The van der Waals surface area contributed by atoms with Crippen molar-refractivity contribution in [2.24, 2.45) is 5.92 Å².